The minimum absolute atomic E-state index is 0.215. The van der Waals surface area contributed by atoms with Crippen molar-refractivity contribution >= 4 is 21.8 Å². The number of carbonyl (C=O) groups is 1. The highest BCUT2D eigenvalue weighted by molar-refractivity contribution is 7.90. The van der Waals surface area contributed by atoms with Crippen LogP contribution in [-0.4, -0.2) is 60.9 Å². The quantitative estimate of drug-likeness (QED) is 0.749. The van der Waals surface area contributed by atoms with Gasteiger partial charge in [0, 0.05) is 11.1 Å². The summed E-state index contributed by atoms with van der Waals surface area (Å²) in [5.74, 6) is 0.533. The number of carbonyl (C=O) groups excluding carboxylic acids is 1. The zero-order valence-electron chi connectivity index (χ0n) is 16.4. The van der Waals surface area contributed by atoms with Gasteiger partial charge in [0.25, 0.3) is 15.9 Å². The number of hydrazone groups is 1. The third kappa shape index (κ3) is 2.89. The largest absolute Gasteiger partial charge is 0.497 e. The van der Waals surface area contributed by atoms with Crippen molar-refractivity contribution in [2.24, 2.45) is 5.10 Å². The zero-order valence-corrected chi connectivity index (χ0v) is 17.3. The van der Waals surface area contributed by atoms with Crippen molar-refractivity contribution in [1.29, 1.82) is 0 Å². The molecule has 1 amide bonds. The molecule has 0 N–H and O–H groups in total. The Hall–Kier alpha value is -2.91. The van der Waals surface area contributed by atoms with Gasteiger partial charge in [0.2, 0.25) is 0 Å². The second-order valence-corrected chi connectivity index (χ2v) is 8.45. The molecule has 0 fully saturated rings. The molecule has 2 heterocycles. The van der Waals surface area contributed by atoms with Gasteiger partial charge >= 0.3 is 0 Å². The van der Waals surface area contributed by atoms with Gasteiger partial charge in [-0.2, -0.15) is 5.01 Å². The minimum Gasteiger partial charge on any atom is -0.497 e. The normalized spacial score (nSPS) is 19.2. The SMILES string of the molecule is CCN(CC)[C@H]1N(C(=O)c2ccc(OC)cc2)N=C2c3ccccc3S(=O)(=O)N21. The first-order chi connectivity index (χ1) is 13.9. The highest BCUT2D eigenvalue weighted by atomic mass is 32.2. The standard InChI is InChI=1S/C20H22N4O4S/c1-4-22(5-2)20-23(19(25)14-10-12-15(28-3)13-11-14)21-18-16-8-6-7-9-17(16)29(26,27)24(18)20/h6-13,20H,4-5H2,1-3H3/t20-/m0/s1. The fraction of sp³-hybridized carbons (Fsp3) is 0.300. The maximum absolute atomic E-state index is 13.3. The molecule has 2 aromatic carbocycles. The number of hydrogen-bond donors (Lipinski definition) is 0. The summed E-state index contributed by atoms with van der Waals surface area (Å²) in [6.45, 7) is 4.96. The Labute approximate surface area is 170 Å². The van der Waals surface area contributed by atoms with Crippen molar-refractivity contribution in [1.82, 2.24) is 14.2 Å². The van der Waals surface area contributed by atoms with Crippen LogP contribution in [0.2, 0.25) is 0 Å². The van der Waals surface area contributed by atoms with Crippen LogP contribution in [0.1, 0.15) is 29.8 Å². The van der Waals surface area contributed by atoms with Crippen LogP contribution in [0.15, 0.2) is 58.5 Å². The molecule has 2 aliphatic heterocycles. The van der Waals surface area contributed by atoms with Gasteiger partial charge in [-0.3, -0.25) is 9.69 Å². The molecule has 0 saturated heterocycles. The van der Waals surface area contributed by atoms with E-state index >= 15 is 0 Å². The van der Waals surface area contributed by atoms with Gasteiger partial charge in [-0.15, -0.1) is 5.10 Å². The molecule has 0 aromatic heterocycles. The first-order valence-corrected chi connectivity index (χ1v) is 10.8. The lowest BCUT2D eigenvalue weighted by Gasteiger charge is -2.35. The molecule has 9 heteroatoms. The van der Waals surface area contributed by atoms with Crippen molar-refractivity contribution in [3.63, 3.8) is 0 Å². The van der Waals surface area contributed by atoms with Crippen molar-refractivity contribution < 1.29 is 17.9 Å². The lowest BCUT2D eigenvalue weighted by molar-refractivity contribution is 0.0184. The third-order valence-corrected chi connectivity index (χ3v) is 6.98. The third-order valence-electron chi connectivity index (χ3n) is 5.19. The van der Waals surface area contributed by atoms with E-state index in [-0.39, 0.29) is 16.6 Å². The van der Waals surface area contributed by atoms with E-state index < -0.39 is 16.3 Å². The van der Waals surface area contributed by atoms with Crippen LogP contribution < -0.4 is 4.74 Å². The zero-order chi connectivity index (χ0) is 20.8. The van der Waals surface area contributed by atoms with Crippen LogP contribution in [0.5, 0.6) is 5.75 Å². The monoisotopic (exact) mass is 414 g/mol. The smallest absolute Gasteiger partial charge is 0.277 e. The number of benzene rings is 2. The molecular weight excluding hydrogens is 392 g/mol. The van der Waals surface area contributed by atoms with Gasteiger partial charge in [0.05, 0.1) is 12.0 Å². The molecule has 0 aliphatic carbocycles. The summed E-state index contributed by atoms with van der Waals surface area (Å²) >= 11 is 0. The van der Waals surface area contributed by atoms with Crippen LogP contribution in [0, 0.1) is 0 Å². The molecule has 0 saturated carbocycles. The van der Waals surface area contributed by atoms with Gasteiger partial charge in [-0.05, 0) is 49.5 Å². The topological polar surface area (TPSA) is 82.5 Å². The Bertz CT molecular complexity index is 1080. The Morgan fingerprint density at radius 3 is 2.38 bits per heavy atom. The van der Waals surface area contributed by atoms with E-state index in [9.17, 15) is 13.2 Å². The maximum Gasteiger partial charge on any atom is 0.277 e. The number of amides is 1. The summed E-state index contributed by atoms with van der Waals surface area (Å²) in [6.07, 6.45) is -0.855. The van der Waals surface area contributed by atoms with Gasteiger partial charge in [-0.25, -0.2) is 12.7 Å². The van der Waals surface area contributed by atoms with Crippen molar-refractivity contribution in [2.45, 2.75) is 25.0 Å². The fourth-order valence-electron chi connectivity index (χ4n) is 3.67. The van der Waals surface area contributed by atoms with E-state index in [1.54, 1.807) is 55.6 Å². The van der Waals surface area contributed by atoms with Crippen LogP contribution in [0.25, 0.3) is 0 Å². The number of ether oxygens (including phenoxy) is 1. The molecule has 0 radical (unpaired) electrons. The highest BCUT2D eigenvalue weighted by Crippen LogP contribution is 2.38. The Balaban J connectivity index is 1.83. The summed E-state index contributed by atoms with van der Waals surface area (Å²) in [5, 5.41) is 5.74. The minimum atomic E-state index is -3.81. The maximum atomic E-state index is 13.3. The van der Waals surface area contributed by atoms with E-state index in [0.717, 1.165) is 0 Å². The van der Waals surface area contributed by atoms with Gasteiger partial charge in [-0.1, -0.05) is 26.0 Å². The number of rotatable bonds is 5. The van der Waals surface area contributed by atoms with Crippen molar-refractivity contribution in [3.8, 4) is 5.75 Å². The summed E-state index contributed by atoms with van der Waals surface area (Å²) < 4.78 is 32.9. The molecule has 0 unspecified atom stereocenters. The Morgan fingerprint density at radius 2 is 1.76 bits per heavy atom. The van der Waals surface area contributed by atoms with E-state index in [4.69, 9.17) is 4.74 Å². The number of sulfonamides is 1. The van der Waals surface area contributed by atoms with Crippen LogP contribution in [-0.2, 0) is 10.0 Å². The number of hydrogen-bond acceptors (Lipinski definition) is 6. The van der Waals surface area contributed by atoms with E-state index in [1.165, 1.54) is 9.31 Å². The van der Waals surface area contributed by atoms with E-state index in [1.807, 2.05) is 18.7 Å². The molecule has 2 aromatic rings. The van der Waals surface area contributed by atoms with Crippen LogP contribution in [0.4, 0.5) is 0 Å². The van der Waals surface area contributed by atoms with Gasteiger partial charge < -0.3 is 4.74 Å². The molecule has 0 spiro atoms. The second-order valence-electron chi connectivity index (χ2n) is 6.67. The molecule has 152 valence electrons. The summed E-state index contributed by atoms with van der Waals surface area (Å²) in [6, 6.07) is 13.4. The number of methoxy groups -OCH3 is 1. The Morgan fingerprint density at radius 1 is 1.10 bits per heavy atom. The molecular formula is C20H22N4O4S. The predicted molar refractivity (Wildman–Crippen MR) is 108 cm³/mol. The van der Waals surface area contributed by atoms with Crippen LogP contribution in [0.3, 0.4) is 0 Å². The number of nitrogens with zero attached hydrogens (tertiary/aromatic N) is 4. The molecule has 0 bridgehead atoms. The lowest BCUT2D eigenvalue weighted by atomic mass is 10.2. The summed E-state index contributed by atoms with van der Waals surface area (Å²) in [7, 11) is -2.26. The van der Waals surface area contributed by atoms with E-state index in [0.29, 0.717) is 30.0 Å². The van der Waals surface area contributed by atoms with Crippen LogP contribution >= 0.6 is 0 Å². The average molecular weight is 414 g/mol. The molecule has 1 atom stereocenters. The number of amidine groups is 1. The number of fused-ring (bicyclic) bond motifs is 3. The average Bonchev–Trinajstić information content (AvgIpc) is 3.24. The Kier molecular flexibility index (Phi) is 4.79. The molecule has 4 rings (SSSR count). The first-order valence-electron chi connectivity index (χ1n) is 9.38. The second kappa shape index (κ2) is 7.16. The lowest BCUT2D eigenvalue weighted by Crippen LogP contribution is -2.55. The van der Waals surface area contributed by atoms with Crippen molar-refractivity contribution in [3.05, 3.63) is 59.7 Å². The molecule has 2 aliphatic rings. The summed E-state index contributed by atoms with van der Waals surface area (Å²) in [5.41, 5.74) is 0.911. The van der Waals surface area contributed by atoms with E-state index in [2.05, 4.69) is 5.10 Å². The fourth-order valence-corrected chi connectivity index (χ4v) is 5.40. The van der Waals surface area contributed by atoms with Gasteiger partial charge in [0.1, 0.15) is 5.75 Å². The highest BCUT2D eigenvalue weighted by Gasteiger charge is 2.53. The van der Waals surface area contributed by atoms with Crippen molar-refractivity contribution in [2.75, 3.05) is 20.2 Å². The first kappa shape index (κ1) is 19.4. The predicted octanol–water partition coefficient (Wildman–Crippen LogP) is 2.14. The summed E-state index contributed by atoms with van der Waals surface area (Å²) in [4.78, 5) is 15.4. The molecule has 8 nitrogen and oxygen atoms in total. The molecule has 29 heavy (non-hydrogen) atoms. The van der Waals surface area contributed by atoms with Gasteiger partial charge in [0.15, 0.2) is 12.1 Å².